The van der Waals surface area contributed by atoms with Gasteiger partial charge in [0.25, 0.3) is 11.8 Å². The number of halogens is 2. The first-order valence-electron chi connectivity index (χ1n) is 8.74. The first-order chi connectivity index (χ1) is 11.5. The second kappa shape index (κ2) is 10.4. The van der Waals surface area contributed by atoms with Crippen molar-refractivity contribution < 1.29 is 9.59 Å². The van der Waals surface area contributed by atoms with E-state index in [9.17, 15) is 9.59 Å². The van der Waals surface area contributed by atoms with Crippen molar-refractivity contribution in [1.29, 1.82) is 0 Å². The second-order valence-corrected chi connectivity index (χ2v) is 6.84. The fourth-order valence-electron chi connectivity index (χ4n) is 3.33. The molecule has 8 heteroatoms. The van der Waals surface area contributed by atoms with Gasteiger partial charge in [-0.25, -0.2) is 0 Å². The Morgan fingerprint density at radius 2 is 0.962 bits per heavy atom. The lowest BCUT2D eigenvalue weighted by Gasteiger charge is -2.31. The van der Waals surface area contributed by atoms with E-state index < -0.39 is 0 Å². The number of nitrogens with zero attached hydrogens (tertiary/aromatic N) is 2. The van der Waals surface area contributed by atoms with E-state index in [2.05, 4.69) is 0 Å². The van der Waals surface area contributed by atoms with Crippen molar-refractivity contribution in [2.45, 2.75) is 37.8 Å². The Balaban J connectivity index is 0.00000169. The third-order valence-electron chi connectivity index (χ3n) is 5.03. The predicted octanol–water partition coefficient (Wildman–Crippen LogP) is 1.97. The zero-order valence-corrected chi connectivity index (χ0v) is 18.2. The summed E-state index contributed by atoms with van der Waals surface area (Å²) in [5.74, 6) is 0.0368. The van der Waals surface area contributed by atoms with Crippen LogP contribution in [0.15, 0.2) is 24.3 Å². The average molecular weight is 492 g/mol. The quantitative estimate of drug-likeness (QED) is 0.661. The summed E-state index contributed by atoms with van der Waals surface area (Å²) in [7, 11) is 0. The van der Waals surface area contributed by atoms with Crippen LogP contribution in [0.5, 0.6) is 0 Å². The fraction of sp³-hybridized carbons (Fsp3) is 0.556. The molecule has 4 N–H and O–H groups in total. The summed E-state index contributed by atoms with van der Waals surface area (Å²) < 4.78 is 0. The zero-order valence-electron chi connectivity index (χ0n) is 14.8. The molecule has 0 spiro atoms. The van der Waals surface area contributed by atoms with Crippen molar-refractivity contribution in [2.24, 2.45) is 11.5 Å². The van der Waals surface area contributed by atoms with E-state index in [1.165, 1.54) is 0 Å². The summed E-state index contributed by atoms with van der Waals surface area (Å²) >= 11 is 0. The van der Waals surface area contributed by atoms with Gasteiger partial charge in [-0.1, -0.05) is 0 Å². The molecule has 6 nitrogen and oxygen atoms in total. The number of piperidine rings is 2. The van der Waals surface area contributed by atoms with Gasteiger partial charge < -0.3 is 21.3 Å². The summed E-state index contributed by atoms with van der Waals surface area (Å²) in [6.45, 7) is 2.81. The Labute approximate surface area is 175 Å². The molecular weight excluding hydrogens is 464 g/mol. The SMILES string of the molecule is Br.Br.NC1CCN(C(=O)c2ccc(C(=O)N3CCC(N)CC3)cc2)CC1. The van der Waals surface area contributed by atoms with Crippen molar-refractivity contribution in [3.63, 3.8) is 0 Å². The third-order valence-corrected chi connectivity index (χ3v) is 5.03. The van der Waals surface area contributed by atoms with E-state index >= 15 is 0 Å². The summed E-state index contributed by atoms with van der Waals surface area (Å²) in [4.78, 5) is 28.7. The van der Waals surface area contributed by atoms with Crippen molar-refractivity contribution in [3.8, 4) is 0 Å². The molecule has 0 radical (unpaired) electrons. The van der Waals surface area contributed by atoms with Crippen molar-refractivity contribution in [3.05, 3.63) is 35.4 Å². The minimum Gasteiger partial charge on any atom is -0.339 e. The molecule has 0 bridgehead atoms. The molecule has 0 atom stereocenters. The molecule has 1 aromatic rings. The zero-order chi connectivity index (χ0) is 17.1. The van der Waals surface area contributed by atoms with Crippen molar-refractivity contribution >= 4 is 45.8 Å². The maximum absolute atomic E-state index is 12.5. The second-order valence-electron chi connectivity index (χ2n) is 6.84. The van der Waals surface area contributed by atoms with Gasteiger partial charge in [0.05, 0.1) is 0 Å². The Hall–Kier alpha value is -0.960. The van der Waals surface area contributed by atoms with Crippen molar-refractivity contribution in [2.75, 3.05) is 26.2 Å². The normalized spacial score (nSPS) is 18.7. The largest absolute Gasteiger partial charge is 0.339 e. The van der Waals surface area contributed by atoms with Gasteiger partial charge >= 0.3 is 0 Å². The standard InChI is InChI=1S/C18H26N4O2.2BrH/c19-15-5-9-21(10-6-15)17(23)13-1-2-14(4-3-13)18(24)22-11-7-16(20)8-12-22;;/h1-4,15-16H,5-12,19-20H2;2*1H. The van der Waals surface area contributed by atoms with Gasteiger partial charge in [0.15, 0.2) is 0 Å². The van der Waals surface area contributed by atoms with Crippen LogP contribution in [0.2, 0.25) is 0 Å². The number of amides is 2. The van der Waals surface area contributed by atoms with E-state index in [0.29, 0.717) is 37.3 Å². The molecule has 0 saturated carbocycles. The highest BCUT2D eigenvalue weighted by atomic mass is 79.9. The van der Waals surface area contributed by atoms with Gasteiger partial charge in [0, 0.05) is 49.4 Å². The smallest absolute Gasteiger partial charge is 0.253 e. The van der Waals surface area contributed by atoms with E-state index in [0.717, 1.165) is 25.7 Å². The summed E-state index contributed by atoms with van der Waals surface area (Å²) in [6, 6.07) is 7.40. The van der Waals surface area contributed by atoms with Crippen LogP contribution in [0.1, 0.15) is 46.4 Å². The molecule has 2 amide bonds. The van der Waals surface area contributed by atoms with Crippen LogP contribution in [0.4, 0.5) is 0 Å². The Morgan fingerprint density at radius 1 is 0.692 bits per heavy atom. The summed E-state index contributed by atoms with van der Waals surface area (Å²) in [6.07, 6.45) is 3.39. The van der Waals surface area contributed by atoms with Gasteiger partial charge in [-0.15, -0.1) is 34.0 Å². The summed E-state index contributed by atoms with van der Waals surface area (Å²) in [5.41, 5.74) is 13.0. The average Bonchev–Trinajstić information content (AvgIpc) is 2.62. The number of nitrogens with two attached hydrogens (primary N) is 2. The van der Waals surface area contributed by atoms with Gasteiger partial charge in [0.2, 0.25) is 0 Å². The van der Waals surface area contributed by atoms with Crippen LogP contribution in [0, 0.1) is 0 Å². The molecule has 1 aromatic carbocycles. The number of carbonyl (C=O) groups excluding carboxylic acids is 2. The highest BCUT2D eigenvalue weighted by Gasteiger charge is 2.24. The van der Waals surface area contributed by atoms with Crippen LogP contribution < -0.4 is 11.5 Å². The molecule has 2 saturated heterocycles. The molecule has 3 rings (SSSR count). The van der Waals surface area contributed by atoms with Crippen LogP contribution in [-0.4, -0.2) is 59.9 Å². The maximum atomic E-state index is 12.5. The molecule has 2 aliphatic heterocycles. The molecule has 0 unspecified atom stereocenters. The summed E-state index contributed by atoms with van der Waals surface area (Å²) in [5, 5.41) is 0. The van der Waals surface area contributed by atoms with Crippen LogP contribution in [-0.2, 0) is 0 Å². The van der Waals surface area contributed by atoms with E-state index in [1.54, 1.807) is 24.3 Å². The molecule has 2 fully saturated rings. The highest BCUT2D eigenvalue weighted by molar-refractivity contribution is 8.93. The third kappa shape index (κ3) is 5.52. The van der Waals surface area contributed by atoms with Gasteiger partial charge in [-0.05, 0) is 49.9 Å². The van der Waals surface area contributed by atoms with Crippen LogP contribution in [0.25, 0.3) is 0 Å². The Kier molecular flexibility index (Phi) is 9.23. The molecule has 2 aliphatic rings. The van der Waals surface area contributed by atoms with Crippen LogP contribution in [0.3, 0.4) is 0 Å². The Bertz CT molecular complexity index is 543. The molecule has 146 valence electrons. The number of likely N-dealkylation sites (tertiary alicyclic amines) is 2. The topological polar surface area (TPSA) is 92.7 Å². The number of hydrogen-bond acceptors (Lipinski definition) is 4. The minimum atomic E-state index is 0. The fourth-order valence-corrected chi connectivity index (χ4v) is 3.33. The monoisotopic (exact) mass is 490 g/mol. The number of carbonyl (C=O) groups is 2. The van der Waals surface area contributed by atoms with Crippen LogP contribution >= 0.6 is 34.0 Å². The van der Waals surface area contributed by atoms with E-state index in [4.69, 9.17) is 11.5 Å². The van der Waals surface area contributed by atoms with Gasteiger partial charge in [0.1, 0.15) is 0 Å². The number of benzene rings is 1. The van der Waals surface area contributed by atoms with Gasteiger partial charge in [-0.2, -0.15) is 0 Å². The highest BCUT2D eigenvalue weighted by Crippen LogP contribution is 2.16. The molecular formula is C18H28Br2N4O2. The van der Waals surface area contributed by atoms with E-state index in [1.807, 2.05) is 9.80 Å². The number of hydrogen-bond donors (Lipinski definition) is 2. The lowest BCUT2D eigenvalue weighted by Crippen LogP contribution is -2.43. The molecule has 2 heterocycles. The first-order valence-corrected chi connectivity index (χ1v) is 8.74. The number of rotatable bonds is 2. The molecule has 26 heavy (non-hydrogen) atoms. The molecule has 0 aromatic heterocycles. The lowest BCUT2D eigenvalue weighted by molar-refractivity contribution is 0.0702. The minimum absolute atomic E-state index is 0. The van der Waals surface area contributed by atoms with E-state index in [-0.39, 0.29) is 57.9 Å². The van der Waals surface area contributed by atoms with Gasteiger partial charge in [-0.3, -0.25) is 9.59 Å². The maximum Gasteiger partial charge on any atom is 0.253 e. The lowest BCUT2D eigenvalue weighted by atomic mass is 10.0. The Morgan fingerprint density at radius 3 is 1.23 bits per heavy atom. The first kappa shape index (κ1) is 23.1. The predicted molar refractivity (Wildman–Crippen MR) is 113 cm³/mol. The van der Waals surface area contributed by atoms with Crippen molar-refractivity contribution in [1.82, 2.24) is 9.80 Å². The molecule has 0 aliphatic carbocycles.